The average Bonchev–Trinajstić information content (AvgIpc) is 3.38. The van der Waals surface area contributed by atoms with E-state index in [1.165, 1.54) is 4.88 Å². The molecule has 0 amide bonds. The van der Waals surface area contributed by atoms with Crippen LogP contribution in [0.3, 0.4) is 0 Å². The predicted octanol–water partition coefficient (Wildman–Crippen LogP) is 8.51. The molecule has 196 valence electrons. The summed E-state index contributed by atoms with van der Waals surface area (Å²) >= 11 is 1.77. The average molecular weight is 526 g/mol. The Kier molecular flexibility index (Phi) is 8.35. The van der Waals surface area contributed by atoms with Crippen LogP contribution in [0, 0.1) is 10.1 Å². The number of nitro groups is 1. The summed E-state index contributed by atoms with van der Waals surface area (Å²) in [6.45, 7) is 2.57. The number of aryl methyl sites for hydroxylation is 1. The van der Waals surface area contributed by atoms with Gasteiger partial charge in [0, 0.05) is 21.1 Å². The molecule has 0 saturated heterocycles. The van der Waals surface area contributed by atoms with E-state index in [1.54, 1.807) is 11.3 Å². The standard InChI is InChI=1S/C33H35NO3S/c1-2-14-28-23-30(29-21-12-13-22-31(29)34(35)36)32(38-28)24-37-33(25-15-6-3-7-16-25,26-17-8-4-9-18-26)27-19-10-5-11-20-27/h3-11,15-20,23,29,31H,2,12-14,21-22,24H2,1H3/t29-,31?/m1/s1. The van der Waals surface area contributed by atoms with Crippen molar-refractivity contribution >= 4 is 11.3 Å². The van der Waals surface area contributed by atoms with Crippen molar-refractivity contribution < 1.29 is 9.66 Å². The number of nitrogens with zero attached hydrogens (tertiary/aromatic N) is 1. The second kappa shape index (κ2) is 12.1. The van der Waals surface area contributed by atoms with E-state index in [0.717, 1.165) is 59.2 Å². The van der Waals surface area contributed by atoms with Crippen molar-refractivity contribution in [3.8, 4) is 0 Å². The largest absolute Gasteiger partial charge is 0.355 e. The van der Waals surface area contributed by atoms with E-state index >= 15 is 0 Å². The minimum absolute atomic E-state index is 0.0478. The normalized spacial score (nSPS) is 17.8. The smallest absolute Gasteiger partial charge is 0.219 e. The number of hydrogen-bond acceptors (Lipinski definition) is 4. The maximum atomic E-state index is 12.0. The van der Waals surface area contributed by atoms with Gasteiger partial charge in [-0.15, -0.1) is 11.3 Å². The molecule has 1 aliphatic rings. The predicted molar refractivity (Wildman–Crippen MR) is 154 cm³/mol. The number of ether oxygens (including phenoxy) is 1. The van der Waals surface area contributed by atoms with Crippen LogP contribution in [0.5, 0.6) is 0 Å². The highest BCUT2D eigenvalue weighted by Crippen LogP contribution is 2.44. The van der Waals surface area contributed by atoms with Gasteiger partial charge >= 0.3 is 0 Å². The minimum Gasteiger partial charge on any atom is -0.355 e. The molecule has 3 aromatic carbocycles. The molecule has 1 aromatic heterocycles. The van der Waals surface area contributed by atoms with Crippen molar-refractivity contribution in [3.63, 3.8) is 0 Å². The Hall–Kier alpha value is -3.28. The van der Waals surface area contributed by atoms with Gasteiger partial charge in [0.2, 0.25) is 6.04 Å². The molecule has 1 unspecified atom stereocenters. The molecule has 0 radical (unpaired) electrons. The maximum Gasteiger partial charge on any atom is 0.219 e. The summed E-state index contributed by atoms with van der Waals surface area (Å²) in [5, 5.41) is 12.0. The van der Waals surface area contributed by atoms with E-state index in [1.807, 2.05) is 18.2 Å². The lowest BCUT2D eigenvalue weighted by molar-refractivity contribution is -0.530. The van der Waals surface area contributed by atoms with E-state index in [-0.39, 0.29) is 10.8 Å². The van der Waals surface area contributed by atoms with Crippen LogP contribution in [0.4, 0.5) is 0 Å². The first-order chi connectivity index (χ1) is 18.6. The van der Waals surface area contributed by atoms with E-state index in [0.29, 0.717) is 13.0 Å². The Morgan fingerprint density at radius 3 is 1.89 bits per heavy atom. The van der Waals surface area contributed by atoms with Crippen molar-refractivity contribution in [3.05, 3.63) is 139 Å². The molecule has 4 aromatic rings. The fraction of sp³-hybridized carbons (Fsp3) is 0.333. The van der Waals surface area contributed by atoms with Gasteiger partial charge in [0.1, 0.15) is 5.60 Å². The molecule has 1 fully saturated rings. The third kappa shape index (κ3) is 5.31. The maximum absolute atomic E-state index is 12.0. The van der Waals surface area contributed by atoms with E-state index in [4.69, 9.17) is 4.74 Å². The molecule has 1 saturated carbocycles. The SMILES string of the molecule is CCCc1cc([C@H]2CCCCC2[N+](=O)[O-])c(COC(c2ccccc2)(c2ccccc2)c2ccccc2)s1. The number of benzene rings is 3. The molecule has 1 heterocycles. The quantitative estimate of drug-likeness (QED) is 0.118. The van der Waals surface area contributed by atoms with E-state index < -0.39 is 11.6 Å². The summed E-state index contributed by atoms with van der Waals surface area (Å²) in [5.41, 5.74) is 3.49. The summed E-state index contributed by atoms with van der Waals surface area (Å²) < 4.78 is 7.13. The van der Waals surface area contributed by atoms with Gasteiger partial charge in [-0.1, -0.05) is 111 Å². The molecule has 0 aliphatic heterocycles. The molecule has 0 N–H and O–H groups in total. The Morgan fingerprint density at radius 2 is 1.39 bits per heavy atom. The Morgan fingerprint density at radius 1 is 0.868 bits per heavy atom. The summed E-state index contributed by atoms with van der Waals surface area (Å²) in [6.07, 6.45) is 5.51. The lowest BCUT2D eigenvalue weighted by atomic mass is 9.79. The topological polar surface area (TPSA) is 52.4 Å². The fourth-order valence-corrected chi connectivity index (χ4v) is 7.22. The van der Waals surface area contributed by atoms with Crippen molar-refractivity contribution in [2.45, 2.75) is 69.6 Å². The molecule has 5 heteroatoms. The van der Waals surface area contributed by atoms with Crippen molar-refractivity contribution in [2.24, 2.45) is 0 Å². The lowest BCUT2D eigenvalue weighted by Gasteiger charge is -2.36. The molecule has 1 aliphatic carbocycles. The van der Waals surface area contributed by atoms with Crippen LogP contribution in [0.1, 0.15) is 77.0 Å². The summed E-state index contributed by atoms with van der Waals surface area (Å²) in [4.78, 5) is 14.4. The minimum atomic E-state index is -0.814. The van der Waals surface area contributed by atoms with Gasteiger partial charge in [-0.2, -0.15) is 0 Å². The lowest BCUT2D eigenvalue weighted by Crippen LogP contribution is -2.33. The fourth-order valence-electron chi connectivity index (χ4n) is 5.97. The number of rotatable bonds is 10. The summed E-state index contributed by atoms with van der Waals surface area (Å²) in [6, 6.07) is 32.9. The Bertz CT molecular complexity index is 1220. The zero-order chi connectivity index (χ0) is 26.4. The van der Waals surface area contributed by atoms with Gasteiger partial charge in [0.25, 0.3) is 0 Å². The van der Waals surface area contributed by atoms with E-state index in [2.05, 4.69) is 85.8 Å². The second-order valence-electron chi connectivity index (χ2n) is 10.2. The molecule has 0 spiro atoms. The Labute approximate surface area is 229 Å². The summed E-state index contributed by atoms with van der Waals surface area (Å²) in [5.74, 6) is -0.0567. The molecule has 38 heavy (non-hydrogen) atoms. The van der Waals surface area contributed by atoms with Crippen LogP contribution >= 0.6 is 11.3 Å². The van der Waals surface area contributed by atoms with Crippen LogP contribution < -0.4 is 0 Å². The van der Waals surface area contributed by atoms with Crippen LogP contribution in [0.15, 0.2) is 97.1 Å². The van der Waals surface area contributed by atoms with Gasteiger partial charge in [-0.25, -0.2) is 0 Å². The van der Waals surface area contributed by atoms with Crippen molar-refractivity contribution in [2.75, 3.05) is 0 Å². The van der Waals surface area contributed by atoms with E-state index in [9.17, 15) is 10.1 Å². The molecular formula is C33H35NO3S. The highest BCUT2D eigenvalue weighted by atomic mass is 32.1. The number of hydrogen-bond donors (Lipinski definition) is 0. The first-order valence-electron chi connectivity index (χ1n) is 13.7. The second-order valence-corrected chi connectivity index (χ2v) is 11.4. The monoisotopic (exact) mass is 525 g/mol. The summed E-state index contributed by atoms with van der Waals surface area (Å²) in [7, 11) is 0. The molecule has 2 atom stereocenters. The molecule has 0 bridgehead atoms. The van der Waals surface area contributed by atoms with Crippen LogP contribution in [0.25, 0.3) is 0 Å². The highest BCUT2D eigenvalue weighted by Gasteiger charge is 2.40. The van der Waals surface area contributed by atoms with Crippen molar-refractivity contribution in [1.29, 1.82) is 0 Å². The third-order valence-corrected chi connectivity index (χ3v) is 8.93. The zero-order valence-electron chi connectivity index (χ0n) is 21.9. The zero-order valence-corrected chi connectivity index (χ0v) is 22.7. The first-order valence-corrected chi connectivity index (χ1v) is 14.5. The molecule has 4 nitrogen and oxygen atoms in total. The number of thiophene rings is 1. The van der Waals surface area contributed by atoms with Crippen LogP contribution in [-0.2, 0) is 23.4 Å². The molecule has 5 rings (SSSR count). The highest BCUT2D eigenvalue weighted by molar-refractivity contribution is 7.12. The third-order valence-electron chi connectivity index (χ3n) is 7.75. The van der Waals surface area contributed by atoms with Gasteiger partial charge in [0.15, 0.2) is 0 Å². The van der Waals surface area contributed by atoms with Gasteiger partial charge < -0.3 is 4.74 Å². The molecular weight excluding hydrogens is 490 g/mol. The van der Waals surface area contributed by atoms with Gasteiger partial charge in [0.05, 0.1) is 12.5 Å². The first kappa shape index (κ1) is 26.3. The van der Waals surface area contributed by atoms with Gasteiger partial charge in [-0.05, 0) is 47.6 Å². The van der Waals surface area contributed by atoms with Gasteiger partial charge in [-0.3, -0.25) is 10.1 Å². The van der Waals surface area contributed by atoms with Crippen molar-refractivity contribution in [1.82, 2.24) is 0 Å². The van der Waals surface area contributed by atoms with Crippen LogP contribution in [-0.4, -0.2) is 11.0 Å². The van der Waals surface area contributed by atoms with Crippen LogP contribution in [0.2, 0.25) is 0 Å². The Balaban J connectivity index is 1.61.